The Labute approximate surface area is 143 Å². The van der Waals surface area contributed by atoms with Crippen LogP contribution in [0.2, 0.25) is 0 Å². The van der Waals surface area contributed by atoms with Gasteiger partial charge >= 0.3 is 0 Å². The van der Waals surface area contributed by atoms with Gasteiger partial charge in [-0.2, -0.15) is 5.10 Å². The molecule has 4 heteroatoms. The molecule has 1 aliphatic heterocycles. The third-order valence-electron chi connectivity index (χ3n) is 4.65. The number of rotatable bonds is 4. The van der Waals surface area contributed by atoms with Crippen molar-refractivity contribution < 1.29 is 9.29 Å². The van der Waals surface area contributed by atoms with Crippen LogP contribution in [0.5, 0.6) is 0 Å². The lowest BCUT2D eigenvalue weighted by molar-refractivity contribution is -0.918. The van der Waals surface area contributed by atoms with Crippen molar-refractivity contribution in [3.8, 4) is 0 Å². The van der Waals surface area contributed by atoms with Gasteiger partial charge in [-0.25, -0.2) is 4.39 Å². The standard InChI is InChI=1S/C20H24FN3/c1-16-7-8-19(17(2)13-16)15-23-9-11-24(12-10-23)22-14-18-5-3-4-6-20(18)21/h3-8,13-14H,9-12,15H2,1-2H3/p+1/b22-14-. The third kappa shape index (κ3) is 4.20. The second-order valence-corrected chi connectivity index (χ2v) is 6.58. The Kier molecular flexibility index (Phi) is 5.26. The summed E-state index contributed by atoms with van der Waals surface area (Å²) < 4.78 is 13.6. The average molecular weight is 326 g/mol. The molecule has 1 heterocycles. The Morgan fingerprint density at radius 2 is 1.88 bits per heavy atom. The molecule has 0 saturated carbocycles. The van der Waals surface area contributed by atoms with Gasteiger partial charge in [-0.3, -0.25) is 5.01 Å². The molecule has 0 aromatic heterocycles. The molecule has 0 spiro atoms. The molecule has 0 atom stereocenters. The maximum atomic E-state index is 13.6. The van der Waals surface area contributed by atoms with Crippen LogP contribution in [-0.2, 0) is 6.54 Å². The van der Waals surface area contributed by atoms with Crippen LogP contribution in [0.15, 0.2) is 47.6 Å². The SMILES string of the molecule is Cc1ccc(C[NH+]2CCN(/N=C\c3ccccc3F)CC2)c(C)c1. The monoisotopic (exact) mass is 326 g/mol. The zero-order valence-electron chi connectivity index (χ0n) is 14.4. The van der Waals surface area contributed by atoms with Gasteiger partial charge in [0.15, 0.2) is 0 Å². The minimum atomic E-state index is -0.222. The highest BCUT2D eigenvalue weighted by Crippen LogP contribution is 2.09. The zero-order chi connectivity index (χ0) is 16.9. The highest BCUT2D eigenvalue weighted by atomic mass is 19.1. The number of piperazine rings is 1. The summed E-state index contributed by atoms with van der Waals surface area (Å²) in [7, 11) is 0. The van der Waals surface area contributed by atoms with Crippen LogP contribution in [0.1, 0.15) is 22.3 Å². The number of benzene rings is 2. The van der Waals surface area contributed by atoms with Gasteiger partial charge in [0.1, 0.15) is 12.4 Å². The molecule has 2 aromatic carbocycles. The smallest absolute Gasteiger partial charge is 0.132 e. The van der Waals surface area contributed by atoms with Crippen LogP contribution in [0.25, 0.3) is 0 Å². The molecule has 0 aliphatic carbocycles. The van der Waals surface area contributed by atoms with E-state index in [1.807, 2.05) is 11.1 Å². The van der Waals surface area contributed by atoms with E-state index in [0.717, 1.165) is 32.7 Å². The van der Waals surface area contributed by atoms with Crippen molar-refractivity contribution in [2.45, 2.75) is 20.4 Å². The molecular formula is C20H25FN3+. The van der Waals surface area contributed by atoms with E-state index in [1.54, 1.807) is 23.2 Å². The molecule has 3 nitrogen and oxygen atoms in total. The molecule has 1 aliphatic rings. The topological polar surface area (TPSA) is 20.0 Å². The highest BCUT2D eigenvalue weighted by Gasteiger charge is 2.19. The number of hydrazone groups is 1. The first-order chi connectivity index (χ1) is 11.6. The molecule has 0 radical (unpaired) electrons. The maximum Gasteiger partial charge on any atom is 0.132 e. The summed E-state index contributed by atoms with van der Waals surface area (Å²) in [4.78, 5) is 1.58. The predicted molar refractivity (Wildman–Crippen MR) is 95.9 cm³/mol. The Hall–Kier alpha value is -2.20. The summed E-state index contributed by atoms with van der Waals surface area (Å²) in [6.07, 6.45) is 1.63. The molecular weight excluding hydrogens is 301 g/mol. The van der Waals surface area contributed by atoms with E-state index in [4.69, 9.17) is 0 Å². The molecule has 0 bridgehead atoms. The summed E-state index contributed by atoms with van der Waals surface area (Å²) in [5, 5.41) is 6.48. The highest BCUT2D eigenvalue weighted by molar-refractivity contribution is 5.79. The lowest BCUT2D eigenvalue weighted by Gasteiger charge is -2.30. The first kappa shape index (κ1) is 16.7. The fraction of sp³-hybridized carbons (Fsp3) is 0.350. The van der Waals surface area contributed by atoms with Crippen molar-refractivity contribution >= 4 is 6.21 Å². The van der Waals surface area contributed by atoms with Crippen molar-refractivity contribution in [1.82, 2.24) is 5.01 Å². The van der Waals surface area contributed by atoms with Crippen molar-refractivity contribution in [2.24, 2.45) is 5.10 Å². The van der Waals surface area contributed by atoms with Gasteiger partial charge in [-0.05, 0) is 25.5 Å². The normalized spacial score (nSPS) is 16.0. The molecule has 0 amide bonds. The van der Waals surface area contributed by atoms with Crippen LogP contribution in [0.3, 0.4) is 0 Å². The Balaban J connectivity index is 1.53. The first-order valence-corrected chi connectivity index (χ1v) is 8.55. The molecule has 0 unspecified atom stereocenters. The third-order valence-corrected chi connectivity index (χ3v) is 4.65. The summed E-state index contributed by atoms with van der Waals surface area (Å²) in [6, 6.07) is 13.4. The number of aryl methyl sites for hydroxylation is 2. The van der Waals surface area contributed by atoms with Crippen molar-refractivity contribution in [1.29, 1.82) is 0 Å². The van der Waals surface area contributed by atoms with E-state index in [-0.39, 0.29) is 5.82 Å². The average Bonchev–Trinajstić information content (AvgIpc) is 2.58. The minimum absolute atomic E-state index is 0.222. The van der Waals surface area contributed by atoms with Crippen molar-refractivity contribution in [2.75, 3.05) is 26.2 Å². The Morgan fingerprint density at radius 1 is 1.12 bits per heavy atom. The maximum absolute atomic E-state index is 13.6. The summed E-state index contributed by atoms with van der Waals surface area (Å²) in [6.45, 7) is 9.32. The largest absolute Gasteiger partial charge is 0.328 e. The van der Waals surface area contributed by atoms with E-state index >= 15 is 0 Å². The molecule has 1 N–H and O–H groups in total. The molecule has 1 fully saturated rings. The number of hydrogen-bond donors (Lipinski definition) is 1. The number of hydrogen-bond acceptors (Lipinski definition) is 2. The lowest BCUT2D eigenvalue weighted by atomic mass is 10.1. The number of nitrogens with zero attached hydrogens (tertiary/aromatic N) is 2. The summed E-state index contributed by atoms with van der Waals surface area (Å²) in [5.41, 5.74) is 4.67. The van der Waals surface area contributed by atoms with Crippen molar-refractivity contribution in [3.63, 3.8) is 0 Å². The number of halogens is 1. The van der Waals surface area contributed by atoms with E-state index in [0.29, 0.717) is 5.56 Å². The Bertz CT molecular complexity index is 719. The molecule has 1 saturated heterocycles. The minimum Gasteiger partial charge on any atom is -0.328 e. The summed E-state index contributed by atoms with van der Waals surface area (Å²) >= 11 is 0. The van der Waals surface area contributed by atoms with Crippen LogP contribution in [0, 0.1) is 19.7 Å². The molecule has 24 heavy (non-hydrogen) atoms. The van der Waals surface area contributed by atoms with Gasteiger partial charge < -0.3 is 4.90 Å². The predicted octanol–water partition coefficient (Wildman–Crippen LogP) is 2.18. The second-order valence-electron chi connectivity index (χ2n) is 6.58. The van der Waals surface area contributed by atoms with E-state index in [9.17, 15) is 4.39 Å². The first-order valence-electron chi connectivity index (χ1n) is 8.55. The van der Waals surface area contributed by atoms with Gasteiger partial charge in [0.2, 0.25) is 0 Å². The van der Waals surface area contributed by atoms with Gasteiger partial charge in [-0.1, -0.05) is 42.0 Å². The van der Waals surface area contributed by atoms with Gasteiger partial charge in [0, 0.05) is 11.1 Å². The quantitative estimate of drug-likeness (QED) is 0.854. The van der Waals surface area contributed by atoms with E-state index < -0.39 is 0 Å². The van der Waals surface area contributed by atoms with Gasteiger partial charge in [0.05, 0.1) is 32.4 Å². The van der Waals surface area contributed by atoms with Gasteiger partial charge in [0.25, 0.3) is 0 Å². The molecule has 3 rings (SSSR count). The van der Waals surface area contributed by atoms with Crippen LogP contribution < -0.4 is 4.90 Å². The van der Waals surface area contributed by atoms with Crippen LogP contribution >= 0.6 is 0 Å². The molecule has 126 valence electrons. The Morgan fingerprint density at radius 3 is 2.58 bits per heavy atom. The fourth-order valence-corrected chi connectivity index (χ4v) is 3.14. The number of nitrogens with one attached hydrogen (secondary N) is 1. The van der Waals surface area contributed by atoms with Crippen LogP contribution in [-0.4, -0.2) is 37.4 Å². The molecule has 2 aromatic rings. The number of quaternary nitrogens is 1. The fourth-order valence-electron chi connectivity index (χ4n) is 3.14. The van der Waals surface area contributed by atoms with E-state index in [1.165, 1.54) is 22.8 Å². The van der Waals surface area contributed by atoms with Crippen LogP contribution in [0.4, 0.5) is 4.39 Å². The second kappa shape index (κ2) is 7.58. The van der Waals surface area contributed by atoms with Crippen molar-refractivity contribution in [3.05, 3.63) is 70.5 Å². The zero-order valence-corrected chi connectivity index (χ0v) is 14.4. The summed E-state index contributed by atoms with van der Waals surface area (Å²) in [5.74, 6) is -0.222. The van der Waals surface area contributed by atoms with E-state index in [2.05, 4.69) is 37.1 Å². The lowest BCUT2D eigenvalue weighted by Crippen LogP contribution is -3.13. The van der Waals surface area contributed by atoms with Gasteiger partial charge in [-0.15, -0.1) is 0 Å².